The lowest BCUT2D eigenvalue weighted by Crippen LogP contribution is -2.03. The molecule has 1 atom stereocenters. The minimum atomic E-state index is -0.832. The predicted octanol–water partition coefficient (Wildman–Crippen LogP) is 3.62. The van der Waals surface area contributed by atoms with Gasteiger partial charge in [-0.1, -0.05) is 0 Å². The summed E-state index contributed by atoms with van der Waals surface area (Å²) < 4.78 is 16.6. The monoisotopic (exact) mass is 358 g/mol. The second-order valence-electron chi connectivity index (χ2n) is 3.98. The number of thiophene rings is 1. The molecule has 1 heterocycles. The van der Waals surface area contributed by atoms with E-state index in [1.807, 2.05) is 11.4 Å². The Morgan fingerprint density at radius 1 is 1.05 bits per heavy atom. The number of benzene rings is 1. The molecule has 4 nitrogen and oxygen atoms in total. The van der Waals surface area contributed by atoms with Crippen molar-refractivity contribution in [1.29, 1.82) is 0 Å². The van der Waals surface area contributed by atoms with E-state index >= 15 is 0 Å². The van der Waals surface area contributed by atoms with Crippen molar-refractivity contribution in [1.82, 2.24) is 0 Å². The van der Waals surface area contributed by atoms with Gasteiger partial charge in [-0.2, -0.15) is 0 Å². The summed E-state index contributed by atoms with van der Waals surface area (Å²) in [5.74, 6) is 1.88. The molecule has 0 amide bonds. The van der Waals surface area contributed by atoms with Crippen LogP contribution < -0.4 is 14.2 Å². The topological polar surface area (TPSA) is 47.9 Å². The van der Waals surface area contributed by atoms with Crippen LogP contribution in [0.3, 0.4) is 0 Å². The standard InChI is InChI=1S/C14H15BrO4S/c1-17-10-4-5-20-14(10)13(16)8-6-12(19-3)9(15)7-11(8)18-2/h4-7,13,16H,1-3H3. The van der Waals surface area contributed by atoms with Gasteiger partial charge in [-0.25, -0.2) is 0 Å². The minimum absolute atomic E-state index is 0.584. The number of aliphatic hydroxyl groups is 1. The molecule has 1 unspecified atom stereocenters. The van der Waals surface area contributed by atoms with Crippen molar-refractivity contribution in [3.63, 3.8) is 0 Å². The summed E-state index contributed by atoms with van der Waals surface area (Å²) in [6, 6.07) is 5.36. The van der Waals surface area contributed by atoms with E-state index < -0.39 is 6.10 Å². The summed E-state index contributed by atoms with van der Waals surface area (Å²) in [5.41, 5.74) is 0.633. The Morgan fingerprint density at radius 2 is 1.70 bits per heavy atom. The summed E-state index contributed by atoms with van der Waals surface area (Å²) in [7, 11) is 4.72. The molecule has 0 aliphatic carbocycles. The van der Waals surface area contributed by atoms with Gasteiger partial charge in [0.1, 0.15) is 23.4 Å². The van der Waals surface area contributed by atoms with Crippen LogP contribution >= 0.6 is 27.3 Å². The van der Waals surface area contributed by atoms with Gasteiger partial charge in [0, 0.05) is 5.56 Å². The van der Waals surface area contributed by atoms with Crippen molar-refractivity contribution < 1.29 is 19.3 Å². The fourth-order valence-corrected chi connectivity index (χ4v) is 3.26. The van der Waals surface area contributed by atoms with Gasteiger partial charge in [-0.05, 0) is 39.5 Å². The third-order valence-corrected chi connectivity index (χ3v) is 4.49. The highest BCUT2D eigenvalue weighted by Gasteiger charge is 2.22. The molecule has 2 aromatic rings. The van der Waals surface area contributed by atoms with Crippen LogP contribution in [0.4, 0.5) is 0 Å². The Morgan fingerprint density at radius 3 is 2.30 bits per heavy atom. The lowest BCUT2D eigenvalue weighted by molar-refractivity contribution is 0.213. The molecule has 2 rings (SSSR count). The average molecular weight is 359 g/mol. The zero-order valence-electron chi connectivity index (χ0n) is 11.3. The van der Waals surface area contributed by atoms with Crippen LogP contribution in [-0.2, 0) is 0 Å². The molecule has 108 valence electrons. The highest BCUT2D eigenvalue weighted by Crippen LogP contribution is 2.41. The van der Waals surface area contributed by atoms with Crippen molar-refractivity contribution in [2.45, 2.75) is 6.10 Å². The van der Waals surface area contributed by atoms with Crippen LogP contribution in [-0.4, -0.2) is 26.4 Å². The molecule has 0 saturated heterocycles. The number of ether oxygens (including phenoxy) is 3. The maximum absolute atomic E-state index is 10.6. The number of aliphatic hydroxyl groups excluding tert-OH is 1. The molecule has 0 aliphatic heterocycles. The first-order valence-electron chi connectivity index (χ1n) is 5.83. The fraction of sp³-hybridized carbons (Fsp3) is 0.286. The second-order valence-corrected chi connectivity index (χ2v) is 5.79. The molecule has 0 fully saturated rings. The number of halogens is 1. The Bertz CT molecular complexity index is 597. The van der Waals surface area contributed by atoms with Gasteiger partial charge in [0.15, 0.2) is 0 Å². The third kappa shape index (κ3) is 2.77. The Hall–Kier alpha value is -1.24. The summed E-state index contributed by atoms with van der Waals surface area (Å²) >= 11 is 4.83. The Balaban J connectivity index is 2.50. The van der Waals surface area contributed by atoms with Crippen molar-refractivity contribution in [3.8, 4) is 17.2 Å². The van der Waals surface area contributed by atoms with E-state index in [4.69, 9.17) is 14.2 Å². The molecule has 0 radical (unpaired) electrons. The van der Waals surface area contributed by atoms with Crippen molar-refractivity contribution in [2.75, 3.05) is 21.3 Å². The summed E-state index contributed by atoms with van der Waals surface area (Å²) in [6.45, 7) is 0. The van der Waals surface area contributed by atoms with Gasteiger partial charge in [0.05, 0.1) is 30.7 Å². The normalized spacial score (nSPS) is 12.1. The van der Waals surface area contributed by atoms with Gasteiger partial charge in [-0.3, -0.25) is 0 Å². The van der Waals surface area contributed by atoms with Crippen LogP contribution in [0.5, 0.6) is 17.2 Å². The molecule has 1 aromatic carbocycles. The Kier molecular flexibility index (Phi) is 4.91. The predicted molar refractivity (Wildman–Crippen MR) is 82.2 cm³/mol. The van der Waals surface area contributed by atoms with Gasteiger partial charge in [0.2, 0.25) is 0 Å². The molecule has 1 N–H and O–H groups in total. The summed E-state index contributed by atoms with van der Waals surface area (Å²) in [6.07, 6.45) is -0.832. The zero-order valence-corrected chi connectivity index (χ0v) is 13.7. The van der Waals surface area contributed by atoms with Gasteiger partial charge >= 0.3 is 0 Å². The SMILES string of the molecule is COc1cc(C(O)c2sccc2OC)c(OC)cc1Br. The van der Waals surface area contributed by atoms with Crippen LogP contribution in [0.2, 0.25) is 0 Å². The minimum Gasteiger partial charge on any atom is -0.496 e. The molecule has 0 aliphatic rings. The third-order valence-electron chi connectivity index (χ3n) is 2.92. The summed E-state index contributed by atoms with van der Waals surface area (Å²) in [4.78, 5) is 0.732. The largest absolute Gasteiger partial charge is 0.496 e. The maximum atomic E-state index is 10.6. The number of hydrogen-bond acceptors (Lipinski definition) is 5. The number of methoxy groups -OCH3 is 3. The fourth-order valence-electron chi connectivity index (χ4n) is 1.92. The second kappa shape index (κ2) is 6.47. The Labute approximate surface area is 130 Å². The lowest BCUT2D eigenvalue weighted by Gasteiger charge is -2.17. The molecule has 0 saturated carbocycles. The quantitative estimate of drug-likeness (QED) is 0.886. The highest BCUT2D eigenvalue weighted by molar-refractivity contribution is 9.10. The molecule has 6 heteroatoms. The molecule has 0 bridgehead atoms. The number of rotatable bonds is 5. The molecule has 1 aromatic heterocycles. The number of hydrogen-bond donors (Lipinski definition) is 1. The first-order valence-corrected chi connectivity index (χ1v) is 7.50. The maximum Gasteiger partial charge on any atom is 0.135 e. The zero-order chi connectivity index (χ0) is 14.7. The van der Waals surface area contributed by atoms with Gasteiger partial charge in [-0.15, -0.1) is 11.3 Å². The van der Waals surface area contributed by atoms with E-state index in [0.29, 0.717) is 22.8 Å². The van der Waals surface area contributed by atoms with Crippen LogP contribution in [0.25, 0.3) is 0 Å². The van der Waals surface area contributed by atoms with E-state index in [2.05, 4.69) is 15.9 Å². The van der Waals surface area contributed by atoms with Crippen LogP contribution in [0.1, 0.15) is 16.5 Å². The van der Waals surface area contributed by atoms with Crippen molar-refractivity contribution in [3.05, 3.63) is 38.5 Å². The smallest absolute Gasteiger partial charge is 0.135 e. The molecule has 20 heavy (non-hydrogen) atoms. The highest BCUT2D eigenvalue weighted by atomic mass is 79.9. The van der Waals surface area contributed by atoms with E-state index in [9.17, 15) is 5.11 Å². The van der Waals surface area contributed by atoms with Gasteiger partial charge in [0.25, 0.3) is 0 Å². The first-order chi connectivity index (χ1) is 9.62. The van der Waals surface area contributed by atoms with E-state index in [1.54, 1.807) is 33.5 Å². The van der Waals surface area contributed by atoms with Crippen molar-refractivity contribution in [2.24, 2.45) is 0 Å². The van der Waals surface area contributed by atoms with Crippen molar-refractivity contribution >= 4 is 27.3 Å². The van der Waals surface area contributed by atoms with E-state index in [0.717, 1.165) is 9.35 Å². The molecular formula is C14H15BrO4S. The summed E-state index contributed by atoms with van der Waals surface area (Å²) in [5, 5.41) is 12.5. The lowest BCUT2D eigenvalue weighted by atomic mass is 10.1. The van der Waals surface area contributed by atoms with Crippen LogP contribution in [0, 0.1) is 0 Å². The molecular weight excluding hydrogens is 344 g/mol. The van der Waals surface area contributed by atoms with E-state index in [-0.39, 0.29) is 0 Å². The van der Waals surface area contributed by atoms with Gasteiger partial charge < -0.3 is 19.3 Å². The average Bonchev–Trinajstić information content (AvgIpc) is 2.94. The first kappa shape index (κ1) is 15.2. The van der Waals surface area contributed by atoms with Crippen LogP contribution in [0.15, 0.2) is 28.1 Å². The van der Waals surface area contributed by atoms with E-state index in [1.165, 1.54) is 11.3 Å². The molecule has 0 spiro atoms.